The molecule has 3 rings (SSSR count). The SMILES string of the molecule is CN=C(NCCc1nc(C(C)(C)C)cs1)NCC1Cc2ccccc2O1.I. The van der Waals surface area contributed by atoms with Gasteiger partial charge in [-0.3, -0.25) is 4.99 Å². The van der Waals surface area contributed by atoms with Gasteiger partial charge in [0.25, 0.3) is 0 Å². The summed E-state index contributed by atoms with van der Waals surface area (Å²) in [5.74, 6) is 1.80. The summed E-state index contributed by atoms with van der Waals surface area (Å²) in [6, 6.07) is 8.23. The predicted molar refractivity (Wildman–Crippen MR) is 124 cm³/mol. The van der Waals surface area contributed by atoms with Crippen LogP contribution in [-0.4, -0.2) is 37.2 Å². The number of thiazole rings is 1. The van der Waals surface area contributed by atoms with E-state index in [0.29, 0.717) is 0 Å². The third-order valence-corrected chi connectivity index (χ3v) is 5.29. The summed E-state index contributed by atoms with van der Waals surface area (Å²) in [7, 11) is 1.79. The number of fused-ring (bicyclic) bond motifs is 1. The lowest BCUT2D eigenvalue weighted by molar-refractivity contribution is 0.235. The summed E-state index contributed by atoms with van der Waals surface area (Å²) < 4.78 is 5.96. The molecule has 0 saturated heterocycles. The molecule has 0 fully saturated rings. The van der Waals surface area contributed by atoms with Gasteiger partial charge in [0.05, 0.1) is 17.2 Å². The number of ether oxygens (including phenoxy) is 1. The number of para-hydroxylation sites is 1. The average molecular weight is 500 g/mol. The Kier molecular flexibility index (Phi) is 7.91. The fourth-order valence-electron chi connectivity index (χ4n) is 2.86. The Morgan fingerprint density at radius 1 is 1.30 bits per heavy atom. The van der Waals surface area contributed by atoms with E-state index in [-0.39, 0.29) is 35.5 Å². The molecule has 0 radical (unpaired) electrons. The van der Waals surface area contributed by atoms with Crippen LogP contribution < -0.4 is 15.4 Å². The summed E-state index contributed by atoms with van der Waals surface area (Å²) in [6.45, 7) is 8.12. The standard InChI is InChI=1S/C20H28N4OS.HI/c1-20(2,3)17-13-26-18(24-17)9-10-22-19(21-4)23-12-15-11-14-7-5-6-8-16(14)25-15;/h5-8,13,15H,9-12H2,1-4H3,(H2,21,22,23);1H. The quantitative estimate of drug-likeness (QED) is 0.373. The lowest BCUT2D eigenvalue weighted by atomic mass is 9.93. The molecule has 1 aromatic heterocycles. The Hall–Kier alpha value is -1.35. The van der Waals surface area contributed by atoms with Crippen LogP contribution in [0.2, 0.25) is 0 Å². The average Bonchev–Trinajstić information content (AvgIpc) is 3.24. The van der Waals surface area contributed by atoms with E-state index in [0.717, 1.165) is 48.3 Å². The van der Waals surface area contributed by atoms with Gasteiger partial charge < -0.3 is 15.4 Å². The Bertz CT molecular complexity index is 744. The maximum absolute atomic E-state index is 5.96. The molecule has 5 nitrogen and oxygen atoms in total. The summed E-state index contributed by atoms with van der Waals surface area (Å²) in [5, 5.41) is 10.0. The molecule has 1 unspecified atom stereocenters. The maximum Gasteiger partial charge on any atom is 0.191 e. The highest BCUT2D eigenvalue weighted by molar-refractivity contribution is 14.0. The molecule has 2 heterocycles. The van der Waals surface area contributed by atoms with Crippen molar-refractivity contribution < 1.29 is 4.74 Å². The van der Waals surface area contributed by atoms with E-state index in [4.69, 9.17) is 9.72 Å². The van der Waals surface area contributed by atoms with Crippen LogP contribution in [0.25, 0.3) is 0 Å². The number of nitrogens with zero attached hydrogens (tertiary/aromatic N) is 2. The van der Waals surface area contributed by atoms with E-state index in [1.807, 2.05) is 12.1 Å². The van der Waals surface area contributed by atoms with Gasteiger partial charge in [-0.2, -0.15) is 0 Å². The van der Waals surface area contributed by atoms with Gasteiger partial charge in [0.15, 0.2) is 5.96 Å². The molecule has 1 aliphatic rings. The highest BCUT2D eigenvalue weighted by Gasteiger charge is 2.22. The van der Waals surface area contributed by atoms with Crippen molar-refractivity contribution in [3.05, 3.63) is 45.9 Å². The number of aromatic nitrogens is 1. The molecule has 7 heteroatoms. The maximum atomic E-state index is 5.96. The van der Waals surface area contributed by atoms with Crippen molar-refractivity contribution >= 4 is 41.3 Å². The summed E-state index contributed by atoms with van der Waals surface area (Å²) in [4.78, 5) is 9.03. The van der Waals surface area contributed by atoms with Crippen molar-refractivity contribution in [2.75, 3.05) is 20.1 Å². The van der Waals surface area contributed by atoms with Gasteiger partial charge in [-0.05, 0) is 11.6 Å². The van der Waals surface area contributed by atoms with Gasteiger partial charge in [0, 0.05) is 37.2 Å². The van der Waals surface area contributed by atoms with E-state index in [1.165, 1.54) is 5.56 Å². The van der Waals surface area contributed by atoms with Gasteiger partial charge in [-0.15, -0.1) is 35.3 Å². The van der Waals surface area contributed by atoms with Crippen molar-refractivity contribution in [2.45, 2.75) is 45.1 Å². The van der Waals surface area contributed by atoms with Crippen LogP contribution in [0, 0.1) is 0 Å². The lowest BCUT2D eigenvalue weighted by Crippen LogP contribution is -2.42. The molecule has 0 amide bonds. The normalized spacial score (nSPS) is 16.3. The van der Waals surface area contributed by atoms with Crippen molar-refractivity contribution in [1.29, 1.82) is 0 Å². The van der Waals surface area contributed by atoms with Crippen LogP contribution in [0.4, 0.5) is 0 Å². The van der Waals surface area contributed by atoms with Crippen molar-refractivity contribution in [2.24, 2.45) is 4.99 Å². The Morgan fingerprint density at radius 3 is 2.74 bits per heavy atom. The minimum absolute atomic E-state index is 0. The molecule has 0 saturated carbocycles. The third kappa shape index (κ3) is 6.07. The number of halogens is 1. The summed E-state index contributed by atoms with van der Waals surface area (Å²) >= 11 is 1.73. The van der Waals surface area contributed by atoms with E-state index in [9.17, 15) is 0 Å². The predicted octanol–water partition coefficient (Wildman–Crippen LogP) is 3.77. The number of guanidine groups is 1. The first-order valence-electron chi connectivity index (χ1n) is 9.09. The second kappa shape index (κ2) is 9.73. The largest absolute Gasteiger partial charge is 0.488 e. The van der Waals surface area contributed by atoms with Gasteiger partial charge >= 0.3 is 0 Å². The number of rotatable bonds is 5. The monoisotopic (exact) mass is 500 g/mol. The molecule has 2 aromatic rings. The molecule has 0 aliphatic carbocycles. The van der Waals surface area contributed by atoms with Crippen LogP contribution in [0.15, 0.2) is 34.6 Å². The topological polar surface area (TPSA) is 58.5 Å². The number of nitrogens with one attached hydrogen (secondary N) is 2. The minimum atomic E-state index is 0. The second-order valence-corrected chi connectivity index (χ2v) is 8.50. The third-order valence-electron chi connectivity index (χ3n) is 4.39. The Labute approximate surface area is 183 Å². The molecule has 2 N–H and O–H groups in total. The van der Waals surface area contributed by atoms with Gasteiger partial charge in [0.1, 0.15) is 11.9 Å². The molecule has 0 bridgehead atoms. The number of hydrogen-bond donors (Lipinski definition) is 2. The zero-order valence-corrected chi connectivity index (χ0v) is 19.6. The van der Waals surface area contributed by atoms with Crippen LogP contribution in [0.5, 0.6) is 5.75 Å². The Balaban J connectivity index is 0.00000261. The summed E-state index contributed by atoms with van der Waals surface area (Å²) in [5.41, 5.74) is 2.55. The van der Waals surface area contributed by atoms with Crippen LogP contribution in [0.1, 0.15) is 37.0 Å². The van der Waals surface area contributed by atoms with E-state index in [1.54, 1.807) is 18.4 Å². The fourth-order valence-corrected chi connectivity index (χ4v) is 3.88. The second-order valence-electron chi connectivity index (χ2n) is 7.56. The number of hydrogen-bond acceptors (Lipinski definition) is 4. The molecule has 1 aromatic carbocycles. The molecule has 148 valence electrons. The van der Waals surface area contributed by atoms with E-state index in [2.05, 4.69) is 53.9 Å². The fraction of sp³-hybridized carbons (Fsp3) is 0.500. The molecule has 1 atom stereocenters. The lowest BCUT2D eigenvalue weighted by Gasteiger charge is -2.15. The smallest absolute Gasteiger partial charge is 0.191 e. The van der Waals surface area contributed by atoms with Gasteiger partial charge in [-0.1, -0.05) is 39.0 Å². The van der Waals surface area contributed by atoms with Crippen molar-refractivity contribution in [3.63, 3.8) is 0 Å². The van der Waals surface area contributed by atoms with Gasteiger partial charge in [-0.25, -0.2) is 4.98 Å². The molecule has 0 spiro atoms. The first-order valence-corrected chi connectivity index (χ1v) is 9.97. The first kappa shape index (κ1) is 21.9. The molecular formula is C20H29IN4OS. The highest BCUT2D eigenvalue weighted by Crippen LogP contribution is 2.27. The van der Waals surface area contributed by atoms with Crippen LogP contribution in [0.3, 0.4) is 0 Å². The highest BCUT2D eigenvalue weighted by atomic mass is 127. The molecule has 27 heavy (non-hydrogen) atoms. The molecule has 1 aliphatic heterocycles. The number of aliphatic imine (C=N–C) groups is 1. The van der Waals surface area contributed by atoms with Crippen LogP contribution >= 0.6 is 35.3 Å². The van der Waals surface area contributed by atoms with Crippen molar-refractivity contribution in [3.8, 4) is 5.75 Å². The Morgan fingerprint density at radius 2 is 2.07 bits per heavy atom. The zero-order valence-electron chi connectivity index (χ0n) is 16.4. The van der Waals surface area contributed by atoms with Gasteiger partial charge in [0.2, 0.25) is 0 Å². The number of benzene rings is 1. The van der Waals surface area contributed by atoms with E-state index >= 15 is 0 Å². The van der Waals surface area contributed by atoms with E-state index < -0.39 is 0 Å². The minimum Gasteiger partial charge on any atom is -0.488 e. The van der Waals surface area contributed by atoms with Crippen LogP contribution in [-0.2, 0) is 18.3 Å². The van der Waals surface area contributed by atoms with Crippen molar-refractivity contribution in [1.82, 2.24) is 15.6 Å². The molecular weight excluding hydrogens is 471 g/mol. The summed E-state index contributed by atoms with van der Waals surface area (Å²) in [6.07, 6.45) is 1.99. The first-order chi connectivity index (χ1) is 12.5. The zero-order chi connectivity index (χ0) is 18.6.